The second kappa shape index (κ2) is 24.3. The van der Waals surface area contributed by atoms with E-state index >= 15 is 0 Å². The van der Waals surface area contributed by atoms with Crippen LogP contribution in [-0.2, 0) is 33.4 Å². The molecule has 8 heterocycles. The zero-order valence-corrected chi connectivity index (χ0v) is 61.2. The molecule has 0 atom stereocenters. The van der Waals surface area contributed by atoms with Crippen molar-refractivity contribution in [3.05, 3.63) is 268 Å². The van der Waals surface area contributed by atoms with Crippen LogP contribution in [0.4, 0.5) is 0 Å². The van der Waals surface area contributed by atoms with E-state index in [1.54, 1.807) is 34.9 Å². The van der Waals surface area contributed by atoms with Crippen molar-refractivity contribution in [2.24, 2.45) is 0 Å². The SMILES string of the molecule is [2H]C([2H])([2H])c1ccc(-c2c(C(C)(C)C)ccc3c2Oc2ccccc2C(C)(C)C3(C)C)cc1-c1nc(-n2c3ccccc3n3c4ccccc4nc23)ncc1C([2H])([2H])[2H].[2H]C([2H])([2H])c1ccc(-c2c(C([2H])([2H])[2H])ccc3c2Oc2ccccc2C(C)(C)C3(C)C)cc1-c1nc(-c2c(C([2H])([2H])C)ccc3c2sc2nc4ccccc4n23)ncc1C([2H])([2H])[2H]. The molecule has 6 aromatic heterocycles. The van der Waals surface area contributed by atoms with Gasteiger partial charge in [-0.15, -0.1) is 0 Å². The van der Waals surface area contributed by atoms with Crippen molar-refractivity contribution in [1.82, 2.24) is 43.3 Å². The summed E-state index contributed by atoms with van der Waals surface area (Å²) in [7, 11) is 0. The van der Waals surface area contributed by atoms with Gasteiger partial charge in [0, 0.05) is 107 Å². The summed E-state index contributed by atoms with van der Waals surface area (Å²) in [6, 6.07) is 59.6. The monoisotopic (exact) mass is 1410 g/mol. The number of para-hydroxylation sites is 8. The van der Waals surface area contributed by atoms with Gasteiger partial charge in [0.25, 0.3) is 0 Å². The molecular formula is C93H87N9O2S. The van der Waals surface area contributed by atoms with Crippen LogP contribution in [0.5, 0.6) is 23.0 Å². The predicted molar refractivity (Wildman–Crippen MR) is 433 cm³/mol. The van der Waals surface area contributed by atoms with Crippen molar-refractivity contribution in [2.45, 2.75) is 151 Å². The number of thiazole rings is 1. The molecule has 0 fully saturated rings. The van der Waals surface area contributed by atoms with Crippen LogP contribution in [-0.4, -0.2) is 43.3 Å². The number of ether oxygens (including phenoxy) is 2. The lowest BCUT2D eigenvalue weighted by atomic mass is 9.60. The highest BCUT2D eigenvalue weighted by Crippen LogP contribution is 2.59. The van der Waals surface area contributed by atoms with Crippen LogP contribution in [0.2, 0.25) is 0 Å². The van der Waals surface area contributed by atoms with Crippen molar-refractivity contribution < 1.29 is 32.8 Å². The van der Waals surface area contributed by atoms with Crippen molar-refractivity contribution in [3.63, 3.8) is 0 Å². The zero-order chi connectivity index (χ0) is 87.4. The Morgan fingerprint density at radius 3 is 1.56 bits per heavy atom. The molecule has 0 spiro atoms. The summed E-state index contributed by atoms with van der Waals surface area (Å²) in [4.78, 5) is 29.6. The van der Waals surface area contributed by atoms with E-state index in [-0.39, 0.29) is 95.4 Å². The molecular weight excluding hydrogens is 1310 g/mol. The minimum absolute atomic E-state index is 0.00192. The van der Waals surface area contributed by atoms with Gasteiger partial charge in [-0.1, -0.05) is 222 Å². The molecule has 0 N–H and O–H groups in total. The van der Waals surface area contributed by atoms with Gasteiger partial charge < -0.3 is 9.47 Å². The number of aryl methyl sites for hydroxylation is 6. The average Bonchev–Trinajstić information content (AvgIpc) is 1.58. The Bertz CT molecular complexity index is 7000. The topological polar surface area (TPSA) is 110 Å². The van der Waals surface area contributed by atoms with Gasteiger partial charge in [0.15, 0.2) is 10.8 Å². The summed E-state index contributed by atoms with van der Waals surface area (Å²) >= 11 is 1.31. The third kappa shape index (κ3) is 10.3. The van der Waals surface area contributed by atoms with Crippen LogP contribution in [0, 0.1) is 34.3 Å². The van der Waals surface area contributed by atoms with E-state index in [4.69, 9.17) is 52.7 Å². The van der Waals surface area contributed by atoms with Crippen LogP contribution in [0.15, 0.2) is 207 Å². The number of rotatable bonds is 7. The van der Waals surface area contributed by atoms with E-state index in [0.29, 0.717) is 43.6 Å². The molecule has 0 aliphatic carbocycles. The molecule has 11 nitrogen and oxygen atoms in total. The van der Waals surface area contributed by atoms with Gasteiger partial charge in [0.05, 0.1) is 54.7 Å². The molecule has 0 bridgehead atoms. The van der Waals surface area contributed by atoms with Gasteiger partial charge >= 0.3 is 0 Å². The van der Waals surface area contributed by atoms with Gasteiger partial charge in [-0.3, -0.25) is 8.80 Å². The number of nitrogens with zero attached hydrogens (tertiary/aromatic N) is 9. The van der Waals surface area contributed by atoms with E-state index in [1.165, 1.54) is 42.7 Å². The van der Waals surface area contributed by atoms with Crippen molar-refractivity contribution in [1.29, 1.82) is 0 Å². The van der Waals surface area contributed by atoms with Gasteiger partial charge in [-0.05, 0) is 163 Å². The first-order valence-electron chi connectivity index (χ1n) is 43.7. The Hall–Kier alpha value is -11.1. The predicted octanol–water partition coefficient (Wildman–Crippen LogP) is 24.2. The Labute approximate surface area is 642 Å². The van der Waals surface area contributed by atoms with E-state index in [2.05, 4.69) is 104 Å². The molecule has 0 unspecified atom stereocenters. The summed E-state index contributed by atoms with van der Waals surface area (Å²) in [6.45, 7) is 11.5. The summed E-state index contributed by atoms with van der Waals surface area (Å²) < 4.78 is 168. The van der Waals surface area contributed by atoms with E-state index in [0.717, 1.165) is 78.4 Å². The average molecular weight is 1410 g/mol. The van der Waals surface area contributed by atoms with Crippen molar-refractivity contribution in [3.8, 4) is 85.1 Å². The molecule has 16 aromatic rings. The lowest BCUT2D eigenvalue weighted by Crippen LogP contribution is -2.39. The largest absolute Gasteiger partial charge is 0.456 e. The lowest BCUT2D eigenvalue weighted by Gasteiger charge is -2.42. The summed E-state index contributed by atoms with van der Waals surface area (Å²) in [5, 5.41) is 0. The molecule has 0 saturated carbocycles. The molecule has 0 amide bonds. The first kappa shape index (κ1) is 50.3. The van der Waals surface area contributed by atoms with Gasteiger partial charge in [0.2, 0.25) is 11.7 Å². The molecule has 522 valence electrons. The molecule has 18 rings (SSSR count). The molecule has 2 aliphatic heterocycles. The van der Waals surface area contributed by atoms with Crippen LogP contribution in [0.1, 0.15) is 168 Å². The Morgan fingerprint density at radius 2 is 0.952 bits per heavy atom. The standard InChI is InChI=1S/C47H45N5O.C46H42N4OS/c1-28-22-23-30(40-33(45(3,4)5)24-25-34-42(40)53-39-21-15-10-16-32(39)46(6,7)47(34,8)9)26-31(28)41-29(2)27-48-43(50-41)52-38-20-14-13-19-37(38)51-36-18-12-11-17-35(36)49-44(51)52;1-9-29-21-23-36-42(52-44-48-34-15-11-12-16-35(34)50(36)44)39(29)43-47-25-28(4)40(49-43)31-24-30(20-18-26(31)2)38-27(3)19-22-33-41(38)51-37-17-13-10-14-32(37)45(5,6)46(33,7)8/h10-27H,1-9H3;10-25H,9H2,1-8H3/i1D3,2D3;2D3,3D3,4D3,9D2. The summed E-state index contributed by atoms with van der Waals surface area (Å²) in [6.07, 6.45) is 0.523. The third-order valence-corrected chi connectivity index (χ3v) is 23.8. The highest BCUT2D eigenvalue weighted by Gasteiger charge is 2.48. The van der Waals surface area contributed by atoms with Crippen LogP contribution >= 0.6 is 11.3 Å². The van der Waals surface area contributed by atoms with Crippen LogP contribution in [0.3, 0.4) is 0 Å². The lowest BCUT2D eigenvalue weighted by molar-refractivity contribution is 0.306. The maximum atomic E-state index is 8.90. The molecule has 2 aliphatic rings. The number of fused-ring (bicyclic) bond motifs is 14. The highest BCUT2D eigenvalue weighted by atomic mass is 32.1. The molecule has 12 heteroatoms. The van der Waals surface area contributed by atoms with Crippen molar-refractivity contribution in [2.75, 3.05) is 0 Å². The molecule has 10 aromatic carbocycles. The third-order valence-electron chi connectivity index (χ3n) is 22.7. The number of hydrogen-bond donors (Lipinski definition) is 0. The first-order valence-corrected chi connectivity index (χ1v) is 36.0. The van der Waals surface area contributed by atoms with Crippen LogP contribution < -0.4 is 9.47 Å². The maximum Gasteiger partial charge on any atom is 0.237 e. The minimum atomic E-state index is -2.84. The Morgan fingerprint density at radius 1 is 0.448 bits per heavy atom. The second-order valence-electron chi connectivity index (χ2n) is 30.6. The Kier molecular flexibility index (Phi) is 11.6. The van der Waals surface area contributed by atoms with E-state index < -0.39 is 56.9 Å². The first-order chi connectivity index (χ1) is 57.0. The fourth-order valence-corrected chi connectivity index (χ4v) is 16.9. The fourth-order valence-electron chi connectivity index (χ4n) is 15.7. The number of aromatic nitrogens is 9. The van der Waals surface area contributed by atoms with Gasteiger partial charge in [-0.25, -0.2) is 34.5 Å². The maximum absolute atomic E-state index is 8.90. The van der Waals surface area contributed by atoms with Crippen LogP contribution in [0.25, 0.3) is 116 Å². The number of hydrogen-bond acceptors (Lipinski definition) is 9. The minimum Gasteiger partial charge on any atom is -0.456 e. The van der Waals surface area contributed by atoms with Crippen molar-refractivity contribution >= 4 is 65.4 Å². The number of benzene rings is 10. The van der Waals surface area contributed by atoms with Gasteiger partial charge in [-0.2, -0.15) is 0 Å². The normalized spacial score (nSPS) is 18.0. The quantitative estimate of drug-likeness (QED) is 0.155. The molecule has 105 heavy (non-hydrogen) atoms. The van der Waals surface area contributed by atoms with E-state index in [1.807, 2.05) is 136 Å². The fraction of sp³-hybridized carbons (Fsp3) is 0.247. The molecule has 0 saturated heterocycles. The molecule has 0 radical (unpaired) electrons. The Balaban J connectivity index is 0.000000174. The summed E-state index contributed by atoms with van der Waals surface area (Å²) in [5.41, 5.74) is 9.60. The zero-order valence-electron chi connectivity index (χ0n) is 77.4. The van der Waals surface area contributed by atoms with Gasteiger partial charge in [0.1, 0.15) is 23.0 Å². The van der Waals surface area contributed by atoms with E-state index in [9.17, 15) is 0 Å². The smallest absolute Gasteiger partial charge is 0.237 e. The highest BCUT2D eigenvalue weighted by molar-refractivity contribution is 7.24. The second-order valence-corrected chi connectivity index (χ2v) is 31.5. The summed E-state index contributed by atoms with van der Waals surface area (Å²) in [5.74, 6) is 2.92. The number of imidazole rings is 3.